The molecule has 0 fully saturated rings. The fourth-order valence-corrected chi connectivity index (χ4v) is 2.15. The predicted octanol–water partition coefficient (Wildman–Crippen LogP) is 1.17. The van der Waals surface area contributed by atoms with Crippen molar-refractivity contribution in [2.24, 2.45) is 11.7 Å². The molecule has 0 bridgehead atoms. The summed E-state index contributed by atoms with van der Waals surface area (Å²) in [6.07, 6.45) is 4.08. The number of rotatable bonds is 1. The maximum atomic E-state index is 5.62. The van der Waals surface area contributed by atoms with Crippen molar-refractivity contribution < 1.29 is 0 Å². The lowest BCUT2D eigenvalue weighted by molar-refractivity contribution is 0.386. The molecule has 2 heterocycles. The zero-order valence-electron chi connectivity index (χ0n) is 6.83. The lowest BCUT2D eigenvalue weighted by atomic mass is 9.98. The molecule has 2 rings (SSSR count). The molecule has 2 N–H and O–H groups in total. The summed E-state index contributed by atoms with van der Waals surface area (Å²) in [6, 6.07) is 0. The van der Waals surface area contributed by atoms with E-state index in [1.165, 1.54) is 12.2 Å². The smallest absolute Gasteiger partial charge is 0.109 e. The van der Waals surface area contributed by atoms with Crippen LogP contribution < -0.4 is 5.73 Å². The zero-order valence-corrected chi connectivity index (χ0v) is 8.42. The van der Waals surface area contributed by atoms with E-state index in [0.717, 1.165) is 24.1 Å². The van der Waals surface area contributed by atoms with Gasteiger partial charge in [0.1, 0.15) is 10.4 Å². The van der Waals surface area contributed by atoms with Gasteiger partial charge < -0.3 is 10.3 Å². The Labute approximate surface area is 80.1 Å². The van der Waals surface area contributed by atoms with Crippen LogP contribution in [-0.4, -0.2) is 16.1 Å². The number of imidazole rings is 1. The van der Waals surface area contributed by atoms with Gasteiger partial charge in [0, 0.05) is 13.0 Å². The average Bonchev–Trinajstić information content (AvgIpc) is 2.47. The van der Waals surface area contributed by atoms with Crippen molar-refractivity contribution >= 4 is 15.9 Å². The Balaban J connectivity index is 2.24. The largest absolute Gasteiger partial charge is 0.330 e. The predicted molar refractivity (Wildman–Crippen MR) is 50.8 cm³/mol. The molecule has 0 saturated carbocycles. The van der Waals surface area contributed by atoms with Gasteiger partial charge in [-0.15, -0.1) is 0 Å². The van der Waals surface area contributed by atoms with Crippen molar-refractivity contribution in [3.05, 3.63) is 16.6 Å². The molecule has 12 heavy (non-hydrogen) atoms. The molecule has 0 aliphatic carbocycles. The number of fused-ring (bicyclic) bond motifs is 1. The van der Waals surface area contributed by atoms with Crippen LogP contribution in [0.5, 0.6) is 0 Å². The first kappa shape index (κ1) is 8.26. The van der Waals surface area contributed by atoms with E-state index in [-0.39, 0.29) is 0 Å². The number of hydrogen-bond acceptors (Lipinski definition) is 2. The summed E-state index contributed by atoms with van der Waals surface area (Å²) in [4.78, 5) is 4.32. The van der Waals surface area contributed by atoms with Gasteiger partial charge in [-0.1, -0.05) is 0 Å². The molecular formula is C8H12BrN3. The zero-order chi connectivity index (χ0) is 8.55. The lowest BCUT2D eigenvalue weighted by Gasteiger charge is -2.22. The molecule has 0 spiro atoms. The summed E-state index contributed by atoms with van der Waals surface area (Å²) in [5.41, 5.74) is 5.62. The third kappa shape index (κ3) is 1.29. The summed E-state index contributed by atoms with van der Waals surface area (Å²) in [5, 5.41) is 0. The van der Waals surface area contributed by atoms with Gasteiger partial charge in [0.25, 0.3) is 0 Å². The molecule has 3 nitrogen and oxygen atoms in total. The summed E-state index contributed by atoms with van der Waals surface area (Å²) in [7, 11) is 0. The molecule has 0 amide bonds. The molecule has 1 aromatic heterocycles. The van der Waals surface area contributed by atoms with Gasteiger partial charge in [-0.25, -0.2) is 4.98 Å². The van der Waals surface area contributed by atoms with Crippen molar-refractivity contribution in [2.45, 2.75) is 19.4 Å². The van der Waals surface area contributed by atoms with Crippen LogP contribution in [0.4, 0.5) is 0 Å². The molecule has 0 radical (unpaired) electrons. The highest BCUT2D eigenvalue weighted by molar-refractivity contribution is 9.10. The van der Waals surface area contributed by atoms with Gasteiger partial charge >= 0.3 is 0 Å². The minimum Gasteiger partial charge on any atom is -0.330 e. The molecular weight excluding hydrogens is 218 g/mol. The first-order chi connectivity index (χ1) is 5.81. The number of aromatic nitrogens is 2. The van der Waals surface area contributed by atoms with Crippen LogP contribution in [0, 0.1) is 5.92 Å². The van der Waals surface area contributed by atoms with Gasteiger partial charge in [-0.2, -0.15) is 0 Å². The number of hydrogen-bond donors (Lipinski definition) is 1. The van der Waals surface area contributed by atoms with Gasteiger partial charge in [0.05, 0.1) is 6.20 Å². The van der Waals surface area contributed by atoms with Crippen molar-refractivity contribution in [2.75, 3.05) is 6.54 Å². The van der Waals surface area contributed by atoms with Gasteiger partial charge in [0.2, 0.25) is 0 Å². The van der Waals surface area contributed by atoms with Crippen molar-refractivity contribution in [1.29, 1.82) is 0 Å². The van der Waals surface area contributed by atoms with Crippen LogP contribution in [0.25, 0.3) is 0 Å². The maximum Gasteiger partial charge on any atom is 0.109 e. The van der Waals surface area contributed by atoms with E-state index in [1.54, 1.807) is 0 Å². The Kier molecular flexibility index (Phi) is 2.19. The minimum atomic E-state index is 0.631. The first-order valence-corrected chi connectivity index (χ1v) is 5.00. The third-order valence-electron chi connectivity index (χ3n) is 2.46. The fourth-order valence-electron chi connectivity index (χ4n) is 1.66. The Morgan fingerprint density at radius 3 is 3.33 bits per heavy atom. The second-order valence-electron chi connectivity index (χ2n) is 3.24. The van der Waals surface area contributed by atoms with Crippen molar-refractivity contribution in [3.63, 3.8) is 0 Å². The van der Waals surface area contributed by atoms with Crippen LogP contribution in [0.1, 0.15) is 12.2 Å². The summed E-state index contributed by atoms with van der Waals surface area (Å²) in [6.45, 7) is 1.84. The SMILES string of the molecule is NCC1CCn2c(Br)cnc2C1. The molecule has 1 atom stereocenters. The number of nitrogens with two attached hydrogens (primary N) is 1. The molecule has 0 saturated heterocycles. The molecule has 0 aromatic carbocycles. The Bertz CT molecular complexity index is 282. The standard InChI is InChI=1S/C8H12BrN3/c9-7-5-11-8-3-6(4-10)1-2-12(7)8/h5-6H,1-4,10H2. The first-order valence-electron chi connectivity index (χ1n) is 4.21. The van der Waals surface area contributed by atoms with Gasteiger partial charge in [-0.3, -0.25) is 0 Å². The fraction of sp³-hybridized carbons (Fsp3) is 0.625. The number of nitrogens with zero attached hydrogens (tertiary/aromatic N) is 2. The Hall–Kier alpha value is -0.350. The highest BCUT2D eigenvalue weighted by Crippen LogP contribution is 2.22. The van der Waals surface area contributed by atoms with Crippen LogP contribution in [0.3, 0.4) is 0 Å². The highest BCUT2D eigenvalue weighted by atomic mass is 79.9. The molecule has 1 aliphatic rings. The van der Waals surface area contributed by atoms with Crippen molar-refractivity contribution in [1.82, 2.24) is 9.55 Å². The molecule has 1 unspecified atom stereocenters. The normalized spacial score (nSPS) is 22.3. The van der Waals surface area contributed by atoms with E-state index < -0.39 is 0 Å². The molecule has 4 heteroatoms. The van der Waals surface area contributed by atoms with E-state index >= 15 is 0 Å². The van der Waals surface area contributed by atoms with Gasteiger partial charge in [0.15, 0.2) is 0 Å². The van der Waals surface area contributed by atoms with Gasteiger partial charge in [-0.05, 0) is 34.8 Å². The minimum absolute atomic E-state index is 0.631. The Morgan fingerprint density at radius 1 is 1.75 bits per heavy atom. The summed E-state index contributed by atoms with van der Waals surface area (Å²) >= 11 is 3.46. The Morgan fingerprint density at radius 2 is 2.58 bits per heavy atom. The quantitative estimate of drug-likeness (QED) is 0.786. The maximum absolute atomic E-state index is 5.62. The second kappa shape index (κ2) is 3.18. The van der Waals surface area contributed by atoms with Crippen LogP contribution in [0.15, 0.2) is 10.8 Å². The molecule has 1 aromatic rings. The highest BCUT2D eigenvalue weighted by Gasteiger charge is 2.19. The van der Waals surface area contributed by atoms with E-state index in [2.05, 4.69) is 25.5 Å². The van der Waals surface area contributed by atoms with E-state index in [9.17, 15) is 0 Å². The number of halogens is 1. The second-order valence-corrected chi connectivity index (χ2v) is 4.06. The van der Waals surface area contributed by atoms with Crippen LogP contribution in [-0.2, 0) is 13.0 Å². The van der Waals surface area contributed by atoms with Crippen LogP contribution in [0.2, 0.25) is 0 Å². The lowest BCUT2D eigenvalue weighted by Crippen LogP contribution is -2.25. The van der Waals surface area contributed by atoms with E-state index in [1.807, 2.05) is 6.20 Å². The van der Waals surface area contributed by atoms with Crippen LogP contribution >= 0.6 is 15.9 Å². The monoisotopic (exact) mass is 229 g/mol. The summed E-state index contributed by atoms with van der Waals surface area (Å²) < 4.78 is 3.31. The average molecular weight is 230 g/mol. The van der Waals surface area contributed by atoms with E-state index in [0.29, 0.717) is 5.92 Å². The van der Waals surface area contributed by atoms with Crippen molar-refractivity contribution in [3.8, 4) is 0 Å². The molecule has 66 valence electrons. The third-order valence-corrected chi connectivity index (χ3v) is 3.09. The topological polar surface area (TPSA) is 43.8 Å². The summed E-state index contributed by atoms with van der Waals surface area (Å²) in [5.74, 6) is 1.80. The van der Waals surface area contributed by atoms with E-state index in [4.69, 9.17) is 5.73 Å². The molecule has 1 aliphatic heterocycles.